The molecule has 0 N–H and O–H groups in total. The predicted octanol–water partition coefficient (Wildman–Crippen LogP) is 48.7. The Balaban J connectivity index is 0.000000973. The van der Waals surface area contributed by atoms with E-state index in [0.717, 1.165) is 56.3 Å². The third kappa shape index (κ3) is 85.4. The molecule has 1 aliphatic heterocycles. The zero-order chi connectivity index (χ0) is 97.0. The molecule has 0 radical (unpaired) electrons. The van der Waals surface area contributed by atoms with Crippen molar-refractivity contribution in [2.75, 3.05) is 0 Å². The average molecular weight is 1930 g/mol. The van der Waals surface area contributed by atoms with Crippen LogP contribution in [0.4, 0.5) is 0 Å². The van der Waals surface area contributed by atoms with Crippen molar-refractivity contribution < 1.29 is 19.1 Å². The van der Waals surface area contributed by atoms with E-state index in [9.17, 15) is 5.53 Å². The van der Waals surface area contributed by atoms with Gasteiger partial charge in [-0.05, 0) is 94.4 Å². The monoisotopic (exact) mass is 1920 g/mol. The van der Waals surface area contributed by atoms with Gasteiger partial charge in [0.1, 0.15) is 0 Å². The van der Waals surface area contributed by atoms with Crippen LogP contribution in [0.25, 0.3) is 16.9 Å². The summed E-state index contributed by atoms with van der Waals surface area (Å²) in [4.78, 5) is 0. The molecule has 0 unspecified atom stereocenters. The van der Waals surface area contributed by atoms with E-state index in [4.69, 9.17) is 0 Å². The predicted molar refractivity (Wildman–Crippen MR) is 615 cm³/mol. The fourth-order valence-corrected chi connectivity index (χ4v) is 22.0. The zero-order valence-corrected chi connectivity index (χ0v) is 94.3. The molecular weight excluding hydrogens is 1680 g/mol. The molecule has 0 bridgehead atoms. The number of hydrogen-bond acceptors (Lipinski definition) is 0. The van der Waals surface area contributed by atoms with E-state index in [0.29, 0.717) is 0 Å². The summed E-state index contributed by atoms with van der Waals surface area (Å²) in [6.07, 6.45) is 160. The minimum absolute atomic E-state index is 0.977. The van der Waals surface area contributed by atoms with Crippen molar-refractivity contribution >= 4 is 11.4 Å². The Kier molecular flexibility index (Phi) is 104. The van der Waals surface area contributed by atoms with Gasteiger partial charge in [-0.1, -0.05) is 564 Å². The van der Waals surface area contributed by atoms with Gasteiger partial charge in [0.25, 0.3) is 0 Å². The molecule has 0 amide bonds. The number of benzene rings is 2. The first-order chi connectivity index (χ1) is 67.5. The van der Waals surface area contributed by atoms with E-state index in [2.05, 4.69) is 137 Å². The molecule has 1 aliphatic rings. The van der Waals surface area contributed by atoms with Crippen molar-refractivity contribution in [3.05, 3.63) is 134 Å². The van der Waals surface area contributed by atoms with Crippen molar-refractivity contribution in [3.63, 3.8) is 0 Å². The molecule has 0 spiro atoms. The van der Waals surface area contributed by atoms with Gasteiger partial charge in [0.15, 0.2) is 0 Å². The average Bonchev–Trinajstić information content (AvgIpc) is 1.60. The van der Waals surface area contributed by atoms with Crippen LogP contribution in [0.1, 0.15) is 712 Å². The third-order valence-electron chi connectivity index (χ3n) is 30.5. The fraction of sp³-hybridized carbons (Fsp3) is 0.820. The van der Waals surface area contributed by atoms with Crippen LogP contribution >= 0.6 is 0 Å². The summed E-state index contributed by atoms with van der Waals surface area (Å²) in [7, 11) is 0. The summed E-state index contributed by atoms with van der Waals surface area (Å²) in [5.41, 5.74) is 21.8. The molecule has 792 valence electrons. The first-order valence-electron chi connectivity index (χ1n) is 62.8. The second-order valence-corrected chi connectivity index (χ2v) is 44.6. The molecule has 0 aliphatic carbocycles. The molecule has 3 heteroatoms. The molecule has 0 atom stereocenters. The van der Waals surface area contributed by atoms with Crippen LogP contribution in [0.3, 0.4) is 0 Å². The number of hydrogen-bond donors (Lipinski definition) is 0. The fourth-order valence-electron chi connectivity index (χ4n) is 21.3. The van der Waals surface area contributed by atoms with Crippen LogP contribution in [0.15, 0.2) is 106 Å². The first kappa shape index (κ1) is 129. The molecule has 1 heterocycles. The Morgan fingerprint density at radius 2 is 0.360 bits per heavy atom. The van der Waals surface area contributed by atoms with Crippen molar-refractivity contribution in [1.29, 1.82) is 0 Å². The minimum atomic E-state index is 0.977. The smallest absolute Gasteiger partial charge is 0.0654 e. The molecule has 3 rings (SSSR count). The SMILES string of the molecule is CCCCCCCCCCCCCCCCCCCCCCCCC=CCCc1ccccc1C1=C(C)C(CCCC)=C(c2ccccc2CCC=CCCCCCCCCCCCCCCCCCCCCCCCC)[N+]1=[N-].CCCCCCCCCCCCCCCCCCCCCCCCCCC=[CH][Ni][CH]=CCCCCCCCCCCCCCCCCCCCCCCCCCC. The van der Waals surface area contributed by atoms with Gasteiger partial charge in [-0.3, -0.25) is 0 Å². The summed E-state index contributed by atoms with van der Waals surface area (Å²) < 4.78 is 1.58. The Labute approximate surface area is 861 Å². The quantitative estimate of drug-likeness (QED) is 0.0273. The summed E-state index contributed by atoms with van der Waals surface area (Å²) in [5, 5.41) is 4.67. The summed E-state index contributed by atoms with van der Waals surface area (Å²) in [6.45, 7) is 13.8. The van der Waals surface area contributed by atoms with E-state index in [1.54, 1.807) is 19.1 Å². The minimum Gasteiger partial charge on any atom is -0.0654 e. The Morgan fingerprint density at radius 3 is 0.566 bits per heavy atom. The molecule has 2 aromatic carbocycles. The molecule has 136 heavy (non-hydrogen) atoms. The van der Waals surface area contributed by atoms with E-state index in [1.807, 2.05) is 0 Å². The molecule has 2 aromatic rings. The van der Waals surface area contributed by atoms with E-state index in [-0.39, 0.29) is 0 Å². The Hall–Kier alpha value is -3.03. The maximum atomic E-state index is 12.3. The van der Waals surface area contributed by atoms with Crippen LogP contribution in [0, 0.1) is 0 Å². The summed E-state index contributed by atoms with van der Waals surface area (Å²) >= 11 is 1.69. The number of unbranched alkanes of at least 4 members (excludes halogenated alkanes) is 93. The van der Waals surface area contributed by atoms with Crippen LogP contribution < -0.4 is 0 Å². The van der Waals surface area contributed by atoms with Crippen molar-refractivity contribution in [3.8, 4) is 0 Å². The third-order valence-corrected chi connectivity index (χ3v) is 31.4. The topological polar surface area (TPSA) is 25.3 Å². The summed E-state index contributed by atoms with van der Waals surface area (Å²) in [5.74, 6) is 0. The molecule has 0 aromatic heterocycles. The van der Waals surface area contributed by atoms with Crippen LogP contribution in [0.5, 0.6) is 0 Å². The van der Waals surface area contributed by atoms with E-state index in [1.165, 1.54) is 650 Å². The van der Waals surface area contributed by atoms with E-state index < -0.39 is 0 Å². The van der Waals surface area contributed by atoms with Gasteiger partial charge in [-0.25, -0.2) is 4.70 Å². The van der Waals surface area contributed by atoms with Crippen molar-refractivity contribution in [2.45, 2.75) is 703 Å². The molecule has 0 saturated carbocycles. The number of nitrogens with zero attached hydrogens (tertiary/aromatic N) is 2. The van der Waals surface area contributed by atoms with Crippen molar-refractivity contribution in [1.82, 2.24) is 0 Å². The van der Waals surface area contributed by atoms with Crippen LogP contribution in [-0.4, -0.2) is 4.70 Å². The maximum absolute atomic E-state index is 12.3. The number of allylic oxidation sites excluding steroid dienone is 8. The van der Waals surface area contributed by atoms with Gasteiger partial charge in [0.2, 0.25) is 11.4 Å². The standard InChI is InChI=1S/C77H130N2.2C28H55.Ni/c1-5-8-11-13-15-17-19-21-23-25-27-29-31-33-35-37-39-41-43-45-47-49-51-53-55-57-63-71-65-59-61-68-74(71)76-70(4)73(67-10-7-3)77(79(76)78)75-69-62-60-66-72(75)64-58-56-54-52-50-48-46-44-42-40-38-36-34-32-30-28-26-24-22-20-18-16-14-12-9-6-2;2*1-3-5-7-9-11-13-15-17-19-21-23-25-27-28-26-24-22-20-18-16-14-12-10-8-6-4-2;/h53-56,59-62,65-66,68-69H,5-52,57-58,63-64,67H2,1-4H3;2*1,3H,4-28H2,2H3;. The van der Waals surface area contributed by atoms with Gasteiger partial charge in [0, 0.05) is 22.3 Å². The first-order valence-corrected chi connectivity index (χ1v) is 63.9. The van der Waals surface area contributed by atoms with Gasteiger partial charge < -0.3 is 5.53 Å². The van der Waals surface area contributed by atoms with E-state index >= 15 is 0 Å². The van der Waals surface area contributed by atoms with Gasteiger partial charge in [-0.2, -0.15) is 0 Å². The molecular formula is C133H240N2Ni. The Bertz CT molecular complexity index is 2870. The molecule has 0 fully saturated rings. The molecule has 0 saturated heterocycles. The second-order valence-electron chi connectivity index (χ2n) is 43.6. The number of rotatable bonds is 109. The van der Waals surface area contributed by atoms with Gasteiger partial charge in [0.05, 0.1) is 0 Å². The molecule has 2 nitrogen and oxygen atoms in total. The number of aryl methyl sites for hydroxylation is 2. The van der Waals surface area contributed by atoms with Gasteiger partial charge >= 0.3 is 165 Å². The zero-order valence-electron chi connectivity index (χ0n) is 93.3. The second kappa shape index (κ2) is 109. The van der Waals surface area contributed by atoms with Crippen molar-refractivity contribution in [2.24, 2.45) is 0 Å². The van der Waals surface area contributed by atoms with Crippen LogP contribution in [-0.2, 0) is 27.3 Å². The normalized spacial score (nSPS) is 12.6. The van der Waals surface area contributed by atoms with Crippen LogP contribution in [0.2, 0.25) is 0 Å². The summed E-state index contributed by atoms with van der Waals surface area (Å²) in [6, 6.07) is 17.7. The Morgan fingerprint density at radius 1 is 0.191 bits per heavy atom. The van der Waals surface area contributed by atoms with Gasteiger partial charge in [-0.15, -0.1) is 0 Å².